The van der Waals surface area contributed by atoms with Crippen molar-refractivity contribution in [3.05, 3.63) is 130 Å². The summed E-state index contributed by atoms with van der Waals surface area (Å²) in [4.78, 5) is 28.7. The molecule has 72 heavy (non-hydrogen) atoms. The second-order valence-corrected chi connectivity index (χ2v) is 27.9. The van der Waals surface area contributed by atoms with Gasteiger partial charge in [-0.15, -0.1) is 0 Å². The van der Waals surface area contributed by atoms with Crippen LogP contribution in [0.2, 0.25) is 25.7 Å². The average molecular weight is 1000 g/mol. The zero-order valence-corrected chi connectivity index (χ0v) is 44.0. The number of carbonyl (C=O) groups is 2. The molecule has 0 saturated heterocycles. The van der Waals surface area contributed by atoms with Gasteiger partial charge in [0.15, 0.2) is 11.4 Å². The molecule has 16 nitrogen and oxygen atoms in total. The zero-order valence-electron chi connectivity index (χ0n) is 43.0. The maximum Gasteiger partial charge on any atom is 0.356 e. The number of carboxylic acids is 1. The number of fused-ring (bicyclic) bond motifs is 2. The third-order valence-corrected chi connectivity index (χ3v) is 16.5. The standard InChI is InChI=1S/C24H30N6O.C16H26N2O3Si.C14H20N4.CH4/c1-29(2)13-9-21(17-6-4-3-5-7-17)30-16-18(15-25-30)26-23(31)22-19-8-10-24(11-12-24)14-20(19)27-28-22;1-22(2,3)9-8-21-11-18-13-10-16(6-7-16)5-4-12(13)14(17-18)15(19)20;1-17(2)9-8-14(12-6-4-3-5-7-12)18-11-13(15)10-16-18;/h3-7,15-16,21H,8-14H2,1-2H3,(H,26,31)(H,27,28);4-11H2,1-3H3,(H,19,20);3-7,10-11,14H,8-9,15H2,1-2H3;1H4. The molecular formula is C55H80N12O4Si. The van der Waals surface area contributed by atoms with Gasteiger partial charge in [-0.2, -0.15) is 20.4 Å². The monoisotopic (exact) mass is 1000 g/mol. The molecule has 10 rings (SSSR count). The molecule has 0 radical (unpaired) electrons. The Kier molecular flexibility index (Phi) is 17.5. The van der Waals surface area contributed by atoms with Crippen molar-refractivity contribution >= 4 is 31.3 Å². The van der Waals surface area contributed by atoms with E-state index in [9.17, 15) is 14.7 Å². The highest BCUT2D eigenvalue weighted by atomic mass is 28.3. The van der Waals surface area contributed by atoms with E-state index in [1.165, 1.54) is 43.2 Å². The lowest BCUT2D eigenvalue weighted by atomic mass is 9.84. The number of hydrogen-bond donors (Lipinski definition) is 4. The van der Waals surface area contributed by atoms with Crippen molar-refractivity contribution in [3.8, 4) is 0 Å². The van der Waals surface area contributed by atoms with Crippen LogP contribution < -0.4 is 11.1 Å². The number of nitrogens with two attached hydrogens (primary N) is 1. The zero-order chi connectivity index (χ0) is 50.3. The summed E-state index contributed by atoms with van der Waals surface area (Å²) in [5.41, 5.74) is 15.6. The molecule has 1 amide bonds. The summed E-state index contributed by atoms with van der Waals surface area (Å²) >= 11 is 0. The van der Waals surface area contributed by atoms with Gasteiger partial charge in [0, 0.05) is 49.6 Å². The smallest absolute Gasteiger partial charge is 0.356 e. The molecule has 388 valence electrons. The average Bonchev–Trinajstić information content (AvgIpc) is 3.93. The van der Waals surface area contributed by atoms with Crippen molar-refractivity contribution in [2.24, 2.45) is 10.8 Å². The number of carboxylic acid groups (broad SMARTS) is 1. The van der Waals surface area contributed by atoms with E-state index in [-0.39, 0.29) is 31.1 Å². The fourth-order valence-corrected chi connectivity index (χ4v) is 10.8. The van der Waals surface area contributed by atoms with Gasteiger partial charge in [0.25, 0.3) is 5.91 Å². The minimum absolute atomic E-state index is 0. The van der Waals surface area contributed by atoms with Crippen LogP contribution in [0.25, 0.3) is 0 Å². The minimum atomic E-state index is -1.10. The molecule has 2 aromatic carbocycles. The van der Waals surface area contributed by atoms with E-state index in [1.54, 1.807) is 12.4 Å². The quantitative estimate of drug-likeness (QED) is 0.0474. The summed E-state index contributed by atoms with van der Waals surface area (Å²) < 4.78 is 11.5. The molecule has 4 aliphatic rings. The predicted octanol–water partition coefficient (Wildman–Crippen LogP) is 9.47. The Morgan fingerprint density at radius 2 is 1.35 bits per heavy atom. The Balaban J connectivity index is 0.000000164. The number of H-pyrrole nitrogens is 1. The molecule has 2 fully saturated rings. The van der Waals surface area contributed by atoms with Gasteiger partial charge in [-0.05, 0) is 146 Å². The van der Waals surface area contributed by atoms with Crippen LogP contribution in [0.4, 0.5) is 11.4 Å². The van der Waals surface area contributed by atoms with Gasteiger partial charge in [0.1, 0.15) is 6.73 Å². The molecule has 0 aliphatic heterocycles. The topological polar surface area (TPSA) is 190 Å². The summed E-state index contributed by atoms with van der Waals surface area (Å²) in [5, 5.41) is 33.1. The highest BCUT2D eigenvalue weighted by molar-refractivity contribution is 6.76. The Hall–Kier alpha value is -5.88. The number of nitrogens with zero attached hydrogens (tertiary/aromatic N) is 9. The first kappa shape index (κ1) is 53.9. The maximum atomic E-state index is 13.0. The van der Waals surface area contributed by atoms with Crippen molar-refractivity contribution in [3.63, 3.8) is 0 Å². The number of benzene rings is 2. The van der Waals surface area contributed by atoms with E-state index in [0.717, 1.165) is 93.2 Å². The van der Waals surface area contributed by atoms with E-state index >= 15 is 0 Å². The highest BCUT2D eigenvalue weighted by Crippen LogP contribution is 2.55. The van der Waals surface area contributed by atoms with Crippen LogP contribution >= 0.6 is 0 Å². The number of aromatic carboxylic acids is 1. The lowest BCUT2D eigenvalue weighted by Gasteiger charge is -2.23. The summed E-state index contributed by atoms with van der Waals surface area (Å²) in [7, 11) is 7.22. The molecule has 4 aliphatic carbocycles. The SMILES string of the molecule is C.CN(C)CCC(c1ccccc1)n1cc(N)cn1.CN(C)CCC(c1ccccc1)n1cc(NC(=O)c2n[nH]c3c2CCC2(CC2)C3)cn1.C[Si](C)(C)CCOCn1nc(C(=O)O)c2c1CC1(CC2)CC1. The number of anilines is 2. The number of amides is 1. The molecule has 2 atom stereocenters. The third kappa shape index (κ3) is 14.0. The van der Waals surface area contributed by atoms with E-state index < -0.39 is 14.0 Å². The number of nitrogens with one attached hydrogen (secondary N) is 2. The lowest BCUT2D eigenvalue weighted by molar-refractivity contribution is 0.0667. The Morgan fingerprint density at radius 3 is 1.88 bits per heavy atom. The van der Waals surface area contributed by atoms with E-state index in [1.807, 2.05) is 38.6 Å². The van der Waals surface area contributed by atoms with Gasteiger partial charge in [0.05, 0.1) is 35.9 Å². The first-order valence-electron chi connectivity index (χ1n) is 25.5. The predicted molar refractivity (Wildman–Crippen MR) is 288 cm³/mol. The largest absolute Gasteiger partial charge is 0.476 e. The highest BCUT2D eigenvalue weighted by Gasteiger charge is 2.47. The van der Waals surface area contributed by atoms with E-state index in [4.69, 9.17) is 10.5 Å². The number of rotatable bonds is 18. The Morgan fingerprint density at radius 1 is 0.792 bits per heavy atom. The van der Waals surface area contributed by atoms with Gasteiger partial charge < -0.3 is 30.7 Å². The second kappa shape index (κ2) is 23.3. The van der Waals surface area contributed by atoms with E-state index in [2.05, 4.69) is 137 Å². The molecule has 0 bridgehead atoms. The number of aromatic nitrogens is 8. The summed E-state index contributed by atoms with van der Waals surface area (Å²) in [5.74, 6) is -1.07. The number of ether oxygens (including phenoxy) is 1. The van der Waals surface area contributed by atoms with Gasteiger partial charge >= 0.3 is 5.97 Å². The van der Waals surface area contributed by atoms with Crippen molar-refractivity contribution < 1.29 is 19.4 Å². The number of nitrogen functional groups attached to an aromatic ring is 1. The molecule has 2 unspecified atom stereocenters. The number of aromatic amines is 1. The second-order valence-electron chi connectivity index (χ2n) is 22.3. The van der Waals surface area contributed by atoms with Crippen LogP contribution in [-0.4, -0.2) is 122 Å². The van der Waals surface area contributed by atoms with Crippen LogP contribution in [0.15, 0.2) is 85.5 Å². The molecule has 5 N–H and O–H groups in total. The third-order valence-electron chi connectivity index (χ3n) is 14.8. The number of hydrogen-bond acceptors (Lipinski definition) is 10. The van der Waals surface area contributed by atoms with Crippen molar-refractivity contribution in [2.75, 3.05) is 58.9 Å². The van der Waals surface area contributed by atoms with Crippen LogP contribution in [-0.2, 0) is 37.2 Å². The molecular weight excluding hydrogens is 921 g/mol. The van der Waals surface area contributed by atoms with Gasteiger partial charge in [-0.1, -0.05) is 87.7 Å². The lowest BCUT2D eigenvalue weighted by Crippen LogP contribution is -2.23. The van der Waals surface area contributed by atoms with Crippen LogP contribution in [0, 0.1) is 10.8 Å². The Bertz CT molecular complexity index is 2690. The summed E-state index contributed by atoms with van der Waals surface area (Å²) in [6.45, 7) is 10.1. The fraction of sp³-hybridized carbons (Fsp3) is 0.527. The van der Waals surface area contributed by atoms with Crippen LogP contribution in [0.5, 0.6) is 0 Å². The van der Waals surface area contributed by atoms with Crippen molar-refractivity contribution in [1.82, 2.24) is 49.3 Å². The number of carbonyl (C=O) groups excluding carboxylic acids is 1. The molecule has 17 heteroatoms. The van der Waals surface area contributed by atoms with Crippen LogP contribution in [0.3, 0.4) is 0 Å². The first-order valence-corrected chi connectivity index (χ1v) is 29.2. The summed E-state index contributed by atoms with van der Waals surface area (Å²) in [6, 6.07) is 22.3. The maximum absolute atomic E-state index is 13.0. The Labute approximate surface area is 427 Å². The van der Waals surface area contributed by atoms with Crippen molar-refractivity contribution in [1.29, 1.82) is 0 Å². The summed E-state index contributed by atoms with van der Waals surface area (Å²) in [6.07, 6.45) is 20.4. The molecule has 2 saturated carbocycles. The molecule has 6 aromatic rings. The van der Waals surface area contributed by atoms with Crippen LogP contribution in [0.1, 0.15) is 125 Å². The normalized spacial score (nSPS) is 16.6. The minimum Gasteiger partial charge on any atom is -0.476 e. The van der Waals surface area contributed by atoms with E-state index in [0.29, 0.717) is 34.6 Å². The molecule has 4 aromatic heterocycles. The fourth-order valence-electron chi connectivity index (χ4n) is 10.0. The molecule has 4 heterocycles. The molecule has 2 spiro atoms. The van der Waals surface area contributed by atoms with Gasteiger partial charge in [-0.25, -0.2) is 9.48 Å². The van der Waals surface area contributed by atoms with Gasteiger partial charge in [-0.3, -0.25) is 19.3 Å². The van der Waals surface area contributed by atoms with Gasteiger partial charge in [0.2, 0.25) is 0 Å². The van der Waals surface area contributed by atoms with Crippen molar-refractivity contribution in [2.45, 2.75) is 129 Å². The first-order chi connectivity index (χ1) is 34.0.